The lowest BCUT2D eigenvalue weighted by atomic mass is 10.0. The zero-order valence-electron chi connectivity index (χ0n) is 22.4. The van der Waals surface area contributed by atoms with Crippen molar-refractivity contribution in [2.24, 2.45) is 0 Å². The van der Waals surface area contributed by atoms with Gasteiger partial charge in [-0.25, -0.2) is 9.97 Å². The maximum absolute atomic E-state index is 13.6. The Morgan fingerprint density at radius 3 is 2.54 bits per heavy atom. The molecule has 0 aliphatic carbocycles. The van der Waals surface area contributed by atoms with Crippen molar-refractivity contribution in [1.82, 2.24) is 19.7 Å². The minimum atomic E-state index is -4.44. The topological polar surface area (TPSA) is 73.1 Å². The fourth-order valence-electron chi connectivity index (χ4n) is 5.16. The molecule has 0 saturated carbocycles. The number of fused-ring (bicyclic) bond motifs is 2. The fourth-order valence-corrected chi connectivity index (χ4v) is 5.16. The van der Waals surface area contributed by atoms with Gasteiger partial charge < -0.3 is 9.64 Å². The van der Waals surface area contributed by atoms with Gasteiger partial charge in [0.1, 0.15) is 5.69 Å². The fraction of sp³-hybridized carbons (Fsp3) is 0.226. The molecule has 3 heterocycles. The number of anilines is 1. The van der Waals surface area contributed by atoms with Crippen LogP contribution < -0.4 is 4.90 Å². The molecule has 3 aromatic carbocycles. The highest BCUT2D eigenvalue weighted by Crippen LogP contribution is 2.34. The van der Waals surface area contributed by atoms with E-state index in [1.54, 1.807) is 15.8 Å². The van der Waals surface area contributed by atoms with E-state index in [0.29, 0.717) is 47.7 Å². The molecule has 1 aliphatic rings. The van der Waals surface area contributed by atoms with Crippen molar-refractivity contribution in [2.75, 3.05) is 18.1 Å². The summed E-state index contributed by atoms with van der Waals surface area (Å²) in [6.45, 7) is 4.99. The lowest BCUT2D eigenvalue weighted by molar-refractivity contribution is -0.137. The number of carbonyl (C=O) groups is 1. The number of hydrogen-bond donors (Lipinski definition) is 0. The minimum absolute atomic E-state index is 0.141. The number of alkyl halides is 3. The zero-order chi connectivity index (χ0) is 28.7. The van der Waals surface area contributed by atoms with Crippen molar-refractivity contribution in [3.8, 4) is 11.4 Å². The zero-order valence-corrected chi connectivity index (χ0v) is 22.4. The first-order valence-electron chi connectivity index (χ1n) is 13.1. The van der Waals surface area contributed by atoms with Crippen LogP contribution in [0.1, 0.15) is 38.8 Å². The molecule has 7 nitrogen and oxygen atoms in total. The van der Waals surface area contributed by atoms with E-state index in [2.05, 4.69) is 15.1 Å². The van der Waals surface area contributed by atoms with E-state index in [-0.39, 0.29) is 11.9 Å². The third-order valence-electron chi connectivity index (χ3n) is 7.24. The summed E-state index contributed by atoms with van der Waals surface area (Å²) in [4.78, 5) is 24.2. The molecule has 10 heteroatoms. The summed E-state index contributed by atoms with van der Waals surface area (Å²) >= 11 is 0. The molecule has 1 unspecified atom stereocenters. The number of amides is 1. The van der Waals surface area contributed by atoms with E-state index in [1.165, 1.54) is 12.3 Å². The number of hydrogen-bond acceptors (Lipinski definition) is 5. The minimum Gasteiger partial charge on any atom is -0.374 e. The van der Waals surface area contributed by atoms with Gasteiger partial charge >= 0.3 is 6.18 Å². The summed E-state index contributed by atoms with van der Waals surface area (Å²) in [6.07, 6.45) is -1.34. The first-order valence-corrected chi connectivity index (χ1v) is 13.1. The quantitative estimate of drug-likeness (QED) is 0.237. The molecule has 41 heavy (non-hydrogen) atoms. The summed E-state index contributed by atoms with van der Waals surface area (Å²) in [5, 5.41) is 4.78. The third kappa shape index (κ3) is 5.18. The summed E-state index contributed by atoms with van der Waals surface area (Å²) < 4.78 is 47.0. The molecule has 0 saturated heterocycles. The molecule has 0 fully saturated rings. The Balaban J connectivity index is 1.26. The molecule has 1 amide bonds. The summed E-state index contributed by atoms with van der Waals surface area (Å²) in [7, 11) is 0. The van der Waals surface area contributed by atoms with E-state index < -0.39 is 11.7 Å². The highest BCUT2D eigenvalue weighted by molar-refractivity contribution is 6.07. The molecule has 2 aromatic heterocycles. The van der Waals surface area contributed by atoms with Crippen LogP contribution in [0.15, 0.2) is 79.1 Å². The van der Waals surface area contributed by atoms with Crippen molar-refractivity contribution in [3.63, 3.8) is 0 Å². The molecule has 1 aliphatic heterocycles. The second kappa shape index (κ2) is 10.4. The summed E-state index contributed by atoms with van der Waals surface area (Å²) in [6, 6.07) is 18.7. The van der Waals surface area contributed by atoms with Crippen LogP contribution in [0.3, 0.4) is 0 Å². The van der Waals surface area contributed by atoms with Crippen LogP contribution in [0.5, 0.6) is 0 Å². The number of benzene rings is 3. The van der Waals surface area contributed by atoms with E-state index in [1.807, 2.05) is 62.4 Å². The normalized spacial score (nSPS) is 15.4. The SMILES string of the molecule is Cc1cc(-c2ncc3cc(C(F)(F)F)ccc3n2)ccc1N1CC(COCc2ccccc2)n2ncc(C)c2C1=O. The number of halogens is 3. The van der Waals surface area contributed by atoms with Crippen molar-refractivity contribution in [2.45, 2.75) is 32.7 Å². The average molecular weight is 558 g/mol. The number of aryl methyl sites for hydroxylation is 2. The first kappa shape index (κ1) is 26.6. The van der Waals surface area contributed by atoms with Gasteiger partial charge in [0.05, 0.1) is 43.1 Å². The molecule has 1 atom stereocenters. The Hall–Kier alpha value is -4.57. The number of nitrogens with zero attached hydrogens (tertiary/aromatic N) is 5. The first-order chi connectivity index (χ1) is 19.7. The van der Waals surface area contributed by atoms with Crippen molar-refractivity contribution < 1.29 is 22.7 Å². The number of aromatic nitrogens is 4. The monoisotopic (exact) mass is 557 g/mol. The molecule has 5 aromatic rings. The Morgan fingerprint density at radius 1 is 0.976 bits per heavy atom. The Bertz CT molecular complexity index is 1750. The number of ether oxygens (including phenoxy) is 1. The molecule has 0 N–H and O–H groups in total. The lowest BCUT2D eigenvalue weighted by Crippen LogP contribution is -2.45. The molecule has 0 spiro atoms. The molecule has 0 radical (unpaired) electrons. The average Bonchev–Trinajstić information content (AvgIpc) is 3.36. The van der Waals surface area contributed by atoms with Gasteiger partial charge in [-0.05, 0) is 61.4 Å². The van der Waals surface area contributed by atoms with Crippen LogP contribution in [0, 0.1) is 13.8 Å². The maximum Gasteiger partial charge on any atom is 0.416 e. The molecule has 6 rings (SSSR count). The Morgan fingerprint density at radius 2 is 1.78 bits per heavy atom. The molecular formula is C31H26F3N5O2. The van der Waals surface area contributed by atoms with Gasteiger partial charge in [0.25, 0.3) is 5.91 Å². The van der Waals surface area contributed by atoms with Crippen molar-refractivity contribution in [1.29, 1.82) is 0 Å². The predicted molar refractivity (Wildman–Crippen MR) is 148 cm³/mol. The molecular weight excluding hydrogens is 531 g/mol. The summed E-state index contributed by atoms with van der Waals surface area (Å²) in [5.41, 5.74) is 4.34. The van der Waals surface area contributed by atoms with Gasteiger partial charge in [-0.1, -0.05) is 30.3 Å². The van der Waals surface area contributed by atoms with Crippen molar-refractivity contribution >= 4 is 22.5 Å². The van der Waals surface area contributed by atoms with Gasteiger partial charge in [-0.3, -0.25) is 9.48 Å². The lowest BCUT2D eigenvalue weighted by Gasteiger charge is -2.34. The second-order valence-electron chi connectivity index (χ2n) is 10.2. The van der Waals surface area contributed by atoms with Crippen LogP contribution in [0.4, 0.5) is 18.9 Å². The maximum atomic E-state index is 13.6. The smallest absolute Gasteiger partial charge is 0.374 e. The van der Waals surface area contributed by atoms with Crippen LogP contribution in [-0.4, -0.2) is 38.8 Å². The summed E-state index contributed by atoms with van der Waals surface area (Å²) in [5.74, 6) is 0.246. The van der Waals surface area contributed by atoms with Crippen LogP contribution in [-0.2, 0) is 17.5 Å². The van der Waals surface area contributed by atoms with Gasteiger partial charge in [-0.2, -0.15) is 18.3 Å². The highest BCUT2D eigenvalue weighted by atomic mass is 19.4. The van der Waals surface area contributed by atoms with Crippen LogP contribution in [0.25, 0.3) is 22.3 Å². The van der Waals surface area contributed by atoms with Crippen LogP contribution in [0.2, 0.25) is 0 Å². The van der Waals surface area contributed by atoms with E-state index in [9.17, 15) is 18.0 Å². The predicted octanol–water partition coefficient (Wildman–Crippen LogP) is 6.55. The van der Waals surface area contributed by atoms with Gasteiger partial charge in [0, 0.05) is 28.4 Å². The van der Waals surface area contributed by atoms with E-state index in [0.717, 1.165) is 34.5 Å². The number of carbonyl (C=O) groups excluding carboxylic acids is 1. The van der Waals surface area contributed by atoms with Gasteiger partial charge in [-0.15, -0.1) is 0 Å². The molecule has 0 bridgehead atoms. The second-order valence-corrected chi connectivity index (χ2v) is 10.2. The largest absolute Gasteiger partial charge is 0.416 e. The van der Waals surface area contributed by atoms with E-state index >= 15 is 0 Å². The van der Waals surface area contributed by atoms with E-state index in [4.69, 9.17) is 4.74 Å². The van der Waals surface area contributed by atoms with Crippen LogP contribution >= 0.6 is 0 Å². The van der Waals surface area contributed by atoms with Gasteiger partial charge in [0.2, 0.25) is 0 Å². The highest BCUT2D eigenvalue weighted by Gasteiger charge is 2.35. The Labute approximate surface area is 234 Å². The molecule has 208 valence electrons. The number of rotatable bonds is 6. The third-order valence-corrected chi connectivity index (χ3v) is 7.24. The Kier molecular flexibility index (Phi) is 6.78. The standard InChI is InChI=1S/C31H26F3N5O2/c1-19-12-22(29-35-15-23-13-24(31(32,33)34)9-10-26(23)37-29)8-11-27(19)38-16-25(18-41-17-21-6-4-3-5-7-21)39-28(30(38)40)20(2)14-36-39/h3-15,25H,16-18H2,1-2H3. The van der Waals surface area contributed by atoms with Gasteiger partial charge in [0.15, 0.2) is 5.82 Å². The van der Waals surface area contributed by atoms with Crippen molar-refractivity contribution in [3.05, 3.63) is 107 Å².